The molecule has 0 spiro atoms. The first kappa shape index (κ1) is 23.1. The van der Waals surface area contributed by atoms with Gasteiger partial charge in [0.25, 0.3) is 10.0 Å². The molecule has 2 aromatic carbocycles. The number of benzene rings is 2. The van der Waals surface area contributed by atoms with Crippen LogP contribution < -0.4 is 9.04 Å². The Kier molecular flexibility index (Phi) is 7.11. The number of aliphatic hydroxyl groups is 1. The summed E-state index contributed by atoms with van der Waals surface area (Å²) in [5, 5.41) is 9.95. The summed E-state index contributed by atoms with van der Waals surface area (Å²) in [6.45, 7) is 4.41. The summed E-state index contributed by atoms with van der Waals surface area (Å²) in [5.41, 5.74) is 3.50. The van der Waals surface area contributed by atoms with Crippen LogP contribution in [0.15, 0.2) is 41.3 Å². The van der Waals surface area contributed by atoms with Crippen molar-refractivity contribution in [2.24, 2.45) is 5.92 Å². The van der Waals surface area contributed by atoms with E-state index < -0.39 is 10.0 Å². The summed E-state index contributed by atoms with van der Waals surface area (Å²) in [4.78, 5) is 0.202. The Morgan fingerprint density at radius 2 is 1.84 bits per heavy atom. The van der Waals surface area contributed by atoms with Gasteiger partial charge in [0.15, 0.2) is 0 Å². The molecule has 1 aliphatic heterocycles. The second kappa shape index (κ2) is 9.84. The molecular weight excluding hydrogens is 422 g/mol. The molecule has 2 aromatic rings. The molecule has 1 atom stereocenters. The Balaban J connectivity index is 1.62. The summed E-state index contributed by atoms with van der Waals surface area (Å²) in [6.07, 6.45) is 8.65. The number of aliphatic hydroxyl groups excluding tert-OH is 1. The third-order valence-electron chi connectivity index (χ3n) is 6.99. The van der Waals surface area contributed by atoms with Crippen molar-refractivity contribution in [1.29, 1.82) is 0 Å². The van der Waals surface area contributed by atoms with E-state index >= 15 is 0 Å². The van der Waals surface area contributed by atoms with Gasteiger partial charge in [-0.3, -0.25) is 4.31 Å². The van der Waals surface area contributed by atoms with Crippen molar-refractivity contribution in [2.45, 2.75) is 82.8 Å². The number of ether oxygens (including phenoxy) is 1. The number of anilines is 1. The fourth-order valence-electron chi connectivity index (χ4n) is 4.99. The van der Waals surface area contributed by atoms with Crippen molar-refractivity contribution in [3.05, 3.63) is 53.1 Å². The van der Waals surface area contributed by atoms with E-state index in [0.717, 1.165) is 36.1 Å². The fourth-order valence-corrected chi connectivity index (χ4v) is 6.75. The van der Waals surface area contributed by atoms with E-state index in [1.807, 2.05) is 13.0 Å². The van der Waals surface area contributed by atoms with Crippen LogP contribution in [0.5, 0.6) is 5.75 Å². The van der Waals surface area contributed by atoms with Gasteiger partial charge in [-0.05, 0) is 80.3 Å². The lowest BCUT2D eigenvalue weighted by molar-refractivity contribution is 0.201. The minimum atomic E-state index is -3.77. The molecule has 1 heterocycles. The summed E-state index contributed by atoms with van der Waals surface area (Å²) in [6, 6.07) is 10.9. The first-order chi connectivity index (χ1) is 15.4. The van der Waals surface area contributed by atoms with Crippen LogP contribution in [0.4, 0.5) is 5.69 Å². The molecule has 0 amide bonds. The van der Waals surface area contributed by atoms with Crippen LogP contribution in [-0.4, -0.2) is 26.2 Å². The quantitative estimate of drug-likeness (QED) is 0.618. The zero-order valence-corrected chi connectivity index (χ0v) is 20.0. The molecule has 0 unspecified atom stereocenters. The van der Waals surface area contributed by atoms with Gasteiger partial charge in [-0.2, -0.15) is 0 Å². The Hall–Kier alpha value is -2.05. The Morgan fingerprint density at radius 1 is 1.06 bits per heavy atom. The molecule has 4 rings (SSSR count). The van der Waals surface area contributed by atoms with Gasteiger partial charge < -0.3 is 9.84 Å². The molecule has 2 aliphatic rings. The highest BCUT2D eigenvalue weighted by molar-refractivity contribution is 7.92. The number of rotatable bonds is 7. The number of hydrogen-bond acceptors (Lipinski definition) is 4. The van der Waals surface area contributed by atoms with Crippen molar-refractivity contribution >= 4 is 15.7 Å². The van der Waals surface area contributed by atoms with Gasteiger partial charge in [0.2, 0.25) is 0 Å². The average molecular weight is 458 g/mol. The topological polar surface area (TPSA) is 66.8 Å². The monoisotopic (exact) mass is 457 g/mol. The largest absolute Gasteiger partial charge is 0.493 e. The Labute approximate surface area is 192 Å². The molecule has 5 nitrogen and oxygen atoms in total. The second-order valence-corrected chi connectivity index (χ2v) is 11.1. The number of sulfonamides is 1. The van der Waals surface area contributed by atoms with Gasteiger partial charge >= 0.3 is 0 Å². The first-order valence-electron chi connectivity index (χ1n) is 12.0. The van der Waals surface area contributed by atoms with Gasteiger partial charge in [-0.1, -0.05) is 38.3 Å². The van der Waals surface area contributed by atoms with E-state index in [4.69, 9.17) is 4.74 Å². The van der Waals surface area contributed by atoms with E-state index in [1.165, 1.54) is 32.1 Å². The standard InChI is InChI=1S/C26H35NO4S/c1-3-20-10-12-22-11-9-19(2)27(25(22)15-20)32(29,30)24-13-14-26(23(16-24)17-28)31-18-21-7-5-4-6-8-21/h10,12-16,19,21,28H,3-9,11,17-18H2,1-2H3/t19-/m0/s1. The molecule has 0 bridgehead atoms. The molecule has 1 N–H and O–H groups in total. The van der Waals surface area contributed by atoms with E-state index in [1.54, 1.807) is 22.5 Å². The first-order valence-corrected chi connectivity index (χ1v) is 13.4. The van der Waals surface area contributed by atoms with Gasteiger partial charge in [0.1, 0.15) is 5.75 Å². The molecule has 32 heavy (non-hydrogen) atoms. The predicted octanol–water partition coefficient (Wildman–Crippen LogP) is 5.23. The minimum Gasteiger partial charge on any atom is -0.493 e. The van der Waals surface area contributed by atoms with E-state index in [0.29, 0.717) is 23.8 Å². The third kappa shape index (κ3) is 4.67. The lowest BCUT2D eigenvalue weighted by Crippen LogP contribution is -2.42. The van der Waals surface area contributed by atoms with Crippen LogP contribution in [-0.2, 0) is 29.5 Å². The smallest absolute Gasteiger partial charge is 0.264 e. The summed E-state index contributed by atoms with van der Waals surface area (Å²) in [7, 11) is -3.77. The molecule has 6 heteroatoms. The Morgan fingerprint density at radius 3 is 2.56 bits per heavy atom. The molecule has 174 valence electrons. The number of aryl methyl sites for hydroxylation is 2. The summed E-state index contributed by atoms with van der Waals surface area (Å²) < 4.78 is 35.1. The van der Waals surface area contributed by atoms with Crippen molar-refractivity contribution in [3.8, 4) is 5.75 Å². The SMILES string of the molecule is CCc1ccc2c(c1)N(S(=O)(=O)c1ccc(OCC3CCCCC3)c(CO)c1)[C@@H](C)CC2. The lowest BCUT2D eigenvalue weighted by atomic mass is 9.90. The fraction of sp³-hybridized carbons (Fsp3) is 0.538. The van der Waals surface area contributed by atoms with Crippen LogP contribution in [0, 0.1) is 5.92 Å². The zero-order chi connectivity index (χ0) is 22.7. The van der Waals surface area contributed by atoms with Crippen LogP contribution >= 0.6 is 0 Å². The van der Waals surface area contributed by atoms with Crippen molar-refractivity contribution in [2.75, 3.05) is 10.9 Å². The normalized spacial score (nSPS) is 19.6. The highest BCUT2D eigenvalue weighted by Crippen LogP contribution is 2.37. The molecule has 1 fully saturated rings. The summed E-state index contributed by atoms with van der Waals surface area (Å²) in [5.74, 6) is 1.12. The van der Waals surface area contributed by atoms with Crippen LogP contribution in [0.1, 0.15) is 69.1 Å². The summed E-state index contributed by atoms with van der Waals surface area (Å²) >= 11 is 0. The number of nitrogens with zero attached hydrogens (tertiary/aromatic N) is 1. The highest BCUT2D eigenvalue weighted by atomic mass is 32.2. The van der Waals surface area contributed by atoms with Crippen molar-refractivity contribution < 1.29 is 18.3 Å². The minimum absolute atomic E-state index is 0.126. The van der Waals surface area contributed by atoms with Gasteiger partial charge in [0.05, 0.1) is 23.8 Å². The maximum Gasteiger partial charge on any atom is 0.264 e. The zero-order valence-electron chi connectivity index (χ0n) is 19.2. The predicted molar refractivity (Wildman–Crippen MR) is 128 cm³/mol. The van der Waals surface area contributed by atoms with E-state index in [2.05, 4.69) is 19.1 Å². The third-order valence-corrected chi connectivity index (χ3v) is 8.91. The van der Waals surface area contributed by atoms with Crippen LogP contribution in [0.2, 0.25) is 0 Å². The number of fused-ring (bicyclic) bond motifs is 1. The lowest BCUT2D eigenvalue weighted by Gasteiger charge is -2.36. The molecule has 0 saturated heterocycles. The second-order valence-electron chi connectivity index (χ2n) is 9.25. The van der Waals surface area contributed by atoms with Gasteiger partial charge in [0, 0.05) is 11.6 Å². The molecule has 0 radical (unpaired) electrons. The molecule has 1 aliphatic carbocycles. The van der Waals surface area contributed by atoms with Gasteiger partial charge in [-0.15, -0.1) is 0 Å². The van der Waals surface area contributed by atoms with Crippen LogP contribution in [0.3, 0.4) is 0 Å². The maximum atomic E-state index is 13.7. The average Bonchev–Trinajstić information content (AvgIpc) is 2.82. The molecule has 0 aromatic heterocycles. The highest BCUT2D eigenvalue weighted by Gasteiger charge is 2.34. The van der Waals surface area contributed by atoms with E-state index in [9.17, 15) is 13.5 Å². The van der Waals surface area contributed by atoms with E-state index in [-0.39, 0.29) is 17.5 Å². The Bertz CT molecular complexity index is 1040. The van der Waals surface area contributed by atoms with Gasteiger partial charge in [-0.25, -0.2) is 8.42 Å². The maximum absolute atomic E-state index is 13.7. The molecular formula is C26H35NO4S. The number of hydrogen-bond donors (Lipinski definition) is 1. The van der Waals surface area contributed by atoms with Crippen LogP contribution in [0.25, 0.3) is 0 Å². The van der Waals surface area contributed by atoms with Crippen molar-refractivity contribution in [1.82, 2.24) is 0 Å². The molecule has 1 saturated carbocycles. The van der Waals surface area contributed by atoms with Crippen molar-refractivity contribution in [3.63, 3.8) is 0 Å².